The van der Waals surface area contributed by atoms with Crippen molar-refractivity contribution in [3.05, 3.63) is 32.0 Å². The molecule has 0 N–H and O–H groups in total. The highest BCUT2D eigenvalue weighted by molar-refractivity contribution is 9.10. The van der Waals surface area contributed by atoms with E-state index in [2.05, 4.69) is 20.9 Å². The number of nitrogens with zero attached hydrogens (tertiary/aromatic N) is 2. The lowest BCUT2D eigenvalue weighted by atomic mass is 10.2. The number of nitro groups is 1. The third-order valence-electron chi connectivity index (χ3n) is 1.62. The molecule has 9 heteroatoms. The first-order valence-electron chi connectivity index (χ1n) is 3.67. The highest BCUT2D eigenvalue weighted by atomic mass is 79.9. The summed E-state index contributed by atoms with van der Waals surface area (Å²) >= 11 is 7.67. The smallest absolute Gasteiger partial charge is 0.275 e. The lowest BCUT2D eigenvalue weighted by Gasteiger charge is -2.04. The van der Waals surface area contributed by atoms with E-state index >= 15 is 0 Å². The van der Waals surface area contributed by atoms with E-state index < -0.39 is 38.0 Å². The minimum Gasteiger partial charge on any atom is -0.275 e. The summed E-state index contributed by atoms with van der Waals surface area (Å²) in [7, 11) is 0. The van der Waals surface area contributed by atoms with E-state index in [0.29, 0.717) is 6.20 Å². The van der Waals surface area contributed by atoms with Gasteiger partial charge < -0.3 is 0 Å². The number of rotatable bonds is 3. The van der Waals surface area contributed by atoms with Gasteiger partial charge in [-0.2, -0.15) is 0 Å². The molecule has 1 aromatic heterocycles. The Morgan fingerprint density at radius 2 is 2.19 bits per heavy atom. The lowest BCUT2D eigenvalue weighted by molar-refractivity contribution is -0.386. The average molecular weight is 315 g/mol. The molecule has 0 aliphatic heterocycles. The average Bonchev–Trinajstić information content (AvgIpc) is 2.15. The molecule has 1 heterocycles. The molecule has 16 heavy (non-hydrogen) atoms. The molecule has 86 valence electrons. The van der Waals surface area contributed by atoms with Gasteiger partial charge in [0.15, 0.2) is 0 Å². The molecule has 0 saturated carbocycles. The molecule has 0 radical (unpaired) electrons. The number of hydrogen-bond donors (Lipinski definition) is 0. The Hall–Kier alpha value is -1.15. The number of carbonyl (C=O) groups is 1. The predicted molar refractivity (Wildman–Crippen MR) is 53.7 cm³/mol. The Balaban J connectivity index is 3.54. The van der Waals surface area contributed by atoms with E-state index in [0.717, 1.165) is 0 Å². The zero-order valence-electron chi connectivity index (χ0n) is 7.29. The van der Waals surface area contributed by atoms with Gasteiger partial charge in [0.25, 0.3) is 17.4 Å². The van der Waals surface area contributed by atoms with Crippen molar-refractivity contribution in [3.63, 3.8) is 0 Å². The molecule has 0 amide bonds. The molecular weight excluding hydrogens is 313 g/mol. The highest BCUT2D eigenvalue weighted by Crippen LogP contribution is 2.35. The first-order valence-corrected chi connectivity index (χ1v) is 4.84. The Labute approximate surface area is 101 Å². The van der Waals surface area contributed by atoms with Crippen LogP contribution in [0.1, 0.15) is 22.5 Å². The van der Waals surface area contributed by atoms with Crippen molar-refractivity contribution in [2.75, 3.05) is 0 Å². The second-order valence-electron chi connectivity index (χ2n) is 2.55. The summed E-state index contributed by atoms with van der Waals surface area (Å²) in [5, 5.41) is 9.48. The Morgan fingerprint density at radius 3 is 2.56 bits per heavy atom. The van der Waals surface area contributed by atoms with Crippen LogP contribution < -0.4 is 0 Å². The lowest BCUT2D eigenvalue weighted by Crippen LogP contribution is -2.04. The highest BCUT2D eigenvalue weighted by Gasteiger charge is 2.29. The number of carbonyl (C=O) groups excluding carboxylic acids is 1. The summed E-state index contributed by atoms with van der Waals surface area (Å²) in [6.45, 7) is 0. The van der Waals surface area contributed by atoms with Gasteiger partial charge in [-0.15, -0.1) is 0 Å². The van der Waals surface area contributed by atoms with Crippen LogP contribution in [0.15, 0.2) is 10.7 Å². The van der Waals surface area contributed by atoms with Gasteiger partial charge in [0.1, 0.15) is 15.7 Å². The number of pyridine rings is 1. The molecule has 0 saturated heterocycles. The summed E-state index contributed by atoms with van der Waals surface area (Å²) in [5.74, 6) is 0. The summed E-state index contributed by atoms with van der Waals surface area (Å²) in [6, 6.07) is 0. The summed E-state index contributed by atoms with van der Waals surface area (Å²) in [4.78, 5) is 23.7. The molecule has 0 aliphatic rings. The molecule has 0 fully saturated rings. The molecule has 1 aromatic rings. The van der Waals surface area contributed by atoms with Crippen LogP contribution in [0.4, 0.5) is 14.5 Å². The van der Waals surface area contributed by atoms with Crippen LogP contribution in [0.2, 0.25) is 0 Å². The standard InChI is InChI=1S/C7H2BrClF2N2O3/c8-3-4(7(10)11)12-1-2(6(9)14)5(3)13(15)16/h1,7H. The van der Waals surface area contributed by atoms with Crippen LogP contribution in [-0.2, 0) is 0 Å². The SMILES string of the molecule is O=C(Cl)c1cnc(C(F)F)c(Br)c1[N+](=O)[O-]. The summed E-state index contributed by atoms with van der Waals surface area (Å²) in [5.41, 5.74) is -2.17. The number of aromatic nitrogens is 1. The Morgan fingerprint density at radius 1 is 1.62 bits per heavy atom. The van der Waals surface area contributed by atoms with E-state index in [1.165, 1.54) is 0 Å². The fourth-order valence-electron chi connectivity index (χ4n) is 0.966. The van der Waals surface area contributed by atoms with Crippen LogP contribution in [-0.4, -0.2) is 15.1 Å². The first kappa shape index (κ1) is 12.9. The molecule has 0 unspecified atom stereocenters. The van der Waals surface area contributed by atoms with Gasteiger partial charge in [-0.3, -0.25) is 19.9 Å². The molecule has 1 rings (SSSR count). The van der Waals surface area contributed by atoms with Crippen molar-refractivity contribution < 1.29 is 18.5 Å². The monoisotopic (exact) mass is 314 g/mol. The van der Waals surface area contributed by atoms with Gasteiger partial charge in [0.05, 0.1) is 4.92 Å². The maximum absolute atomic E-state index is 12.4. The minimum absolute atomic E-state index is 0.539. The van der Waals surface area contributed by atoms with Crippen molar-refractivity contribution in [1.29, 1.82) is 0 Å². The van der Waals surface area contributed by atoms with Crippen LogP contribution >= 0.6 is 27.5 Å². The zero-order valence-corrected chi connectivity index (χ0v) is 9.63. The third kappa shape index (κ3) is 2.33. The van der Waals surface area contributed by atoms with E-state index in [-0.39, 0.29) is 0 Å². The third-order valence-corrected chi connectivity index (χ3v) is 2.61. The molecule has 0 spiro atoms. The number of halogens is 4. The molecule has 0 aromatic carbocycles. The quantitative estimate of drug-likeness (QED) is 0.488. The maximum atomic E-state index is 12.4. The van der Waals surface area contributed by atoms with Crippen molar-refractivity contribution in [2.24, 2.45) is 0 Å². The van der Waals surface area contributed by atoms with E-state index in [4.69, 9.17) is 11.6 Å². The van der Waals surface area contributed by atoms with Crippen LogP contribution in [0.25, 0.3) is 0 Å². The predicted octanol–water partition coefficient (Wildman–Crippen LogP) is 3.07. The van der Waals surface area contributed by atoms with E-state index in [1.54, 1.807) is 0 Å². The fourth-order valence-corrected chi connectivity index (χ4v) is 1.74. The van der Waals surface area contributed by atoms with Crippen molar-refractivity contribution in [2.45, 2.75) is 6.43 Å². The molecule has 0 bridgehead atoms. The van der Waals surface area contributed by atoms with Crippen molar-refractivity contribution >= 4 is 38.5 Å². The molecular formula is C7H2BrClF2N2O3. The zero-order chi connectivity index (χ0) is 12.5. The van der Waals surface area contributed by atoms with Crippen molar-refractivity contribution in [3.8, 4) is 0 Å². The second-order valence-corrected chi connectivity index (χ2v) is 3.69. The molecule has 0 atom stereocenters. The van der Waals surface area contributed by atoms with Crippen LogP contribution in [0.3, 0.4) is 0 Å². The topological polar surface area (TPSA) is 73.1 Å². The first-order chi connectivity index (χ1) is 7.36. The largest absolute Gasteiger partial charge is 0.299 e. The second kappa shape index (κ2) is 4.79. The summed E-state index contributed by atoms with van der Waals surface area (Å²) < 4.78 is 24.2. The van der Waals surface area contributed by atoms with Crippen LogP contribution in [0, 0.1) is 10.1 Å². The fraction of sp³-hybridized carbons (Fsp3) is 0.143. The maximum Gasteiger partial charge on any atom is 0.299 e. The Kier molecular flexibility index (Phi) is 3.87. The van der Waals surface area contributed by atoms with Crippen molar-refractivity contribution in [1.82, 2.24) is 4.98 Å². The van der Waals surface area contributed by atoms with Gasteiger partial charge in [-0.05, 0) is 27.5 Å². The number of alkyl halides is 2. The minimum atomic E-state index is -2.99. The van der Waals surface area contributed by atoms with Gasteiger partial charge in [0.2, 0.25) is 0 Å². The molecule has 0 aliphatic carbocycles. The van der Waals surface area contributed by atoms with E-state index in [1.807, 2.05) is 0 Å². The molecule has 5 nitrogen and oxygen atoms in total. The number of hydrogen-bond acceptors (Lipinski definition) is 4. The summed E-state index contributed by atoms with van der Waals surface area (Å²) in [6.07, 6.45) is -2.34. The van der Waals surface area contributed by atoms with E-state index in [9.17, 15) is 23.7 Å². The normalized spacial score (nSPS) is 10.6. The van der Waals surface area contributed by atoms with Crippen LogP contribution in [0.5, 0.6) is 0 Å². The van der Waals surface area contributed by atoms with Gasteiger partial charge in [0, 0.05) is 6.20 Å². The van der Waals surface area contributed by atoms with Gasteiger partial charge >= 0.3 is 0 Å². The van der Waals surface area contributed by atoms with Gasteiger partial charge in [-0.1, -0.05) is 0 Å². The Bertz CT molecular complexity index is 469. The van der Waals surface area contributed by atoms with Gasteiger partial charge in [-0.25, -0.2) is 8.78 Å².